The van der Waals surface area contributed by atoms with Crippen LogP contribution in [0.1, 0.15) is 49.5 Å². The zero-order chi connectivity index (χ0) is 19.8. The van der Waals surface area contributed by atoms with Crippen molar-refractivity contribution in [3.63, 3.8) is 0 Å². The van der Waals surface area contributed by atoms with Crippen LogP contribution in [-0.4, -0.2) is 42.5 Å². The largest absolute Gasteiger partial charge is 0.372 e. The second-order valence-electron chi connectivity index (χ2n) is 6.84. The van der Waals surface area contributed by atoms with Crippen molar-refractivity contribution in [1.82, 2.24) is 9.88 Å². The summed E-state index contributed by atoms with van der Waals surface area (Å²) < 4.78 is 0. The maximum Gasteiger partial charge on any atom is 0.255 e. The zero-order valence-electron chi connectivity index (χ0n) is 17.2. The molecule has 2 aromatic rings. The average molecular weight is 369 g/mol. The third-order valence-corrected chi connectivity index (χ3v) is 4.80. The van der Waals surface area contributed by atoms with E-state index in [0.717, 1.165) is 49.4 Å². The number of aryl methyl sites for hydroxylation is 1. The van der Waals surface area contributed by atoms with E-state index < -0.39 is 0 Å². The topological polar surface area (TPSA) is 48.5 Å². The van der Waals surface area contributed by atoms with Crippen molar-refractivity contribution in [2.75, 3.05) is 36.9 Å². The first kappa shape index (κ1) is 20.7. The lowest BCUT2D eigenvalue weighted by Crippen LogP contribution is -2.27. The minimum absolute atomic E-state index is 0.00760. The van der Waals surface area contributed by atoms with Crippen LogP contribution in [0, 0.1) is 6.92 Å². The van der Waals surface area contributed by atoms with E-state index in [9.17, 15) is 4.79 Å². The average Bonchev–Trinajstić information content (AvgIpc) is 2.68. The predicted molar refractivity (Wildman–Crippen MR) is 114 cm³/mol. The van der Waals surface area contributed by atoms with Gasteiger partial charge in [0.25, 0.3) is 5.91 Å². The van der Waals surface area contributed by atoms with Gasteiger partial charge in [0, 0.05) is 44.3 Å². The number of carbonyl (C=O) groups is 1. The zero-order valence-corrected chi connectivity index (χ0v) is 17.2. The van der Waals surface area contributed by atoms with Crippen molar-refractivity contribution in [3.8, 4) is 0 Å². The highest BCUT2D eigenvalue weighted by molar-refractivity contribution is 5.94. The second kappa shape index (κ2) is 9.95. The van der Waals surface area contributed by atoms with E-state index in [1.54, 1.807) is 17.3 Å². The summed E-state index contributed by atoms with van der Waals surface area (Å²) >= 11 is 0. The number of nitrogens with zero attached hydrogens (tertiary/aromatic N) is 3. The van der Waals surface area contributed by atoms with Crippen molar-refractivity contribution in [2.24, 2.45) is 0 Å². The first-order chi connectivity index (χ1) is 13.0. The Balaban J connectivity index is 2.15. The van der Waals surface area contributed by atoms with Crippen LogP contribution in [0.2, 0.25) is 0 Å². The molecule has 2 rings (SSSR count). The van der Waals surface area contributed by atoms with E-state index >= 15 is 0 Å². The Labute approximate surface area is 163 Å². The molecule has 1 aromatic carbocycles. The summed E-state index contributed by atoms with van der Waals surface area (Å²) in [5.41, 5.74) is 4.84. The van der Waals surface area contributed by atoms with Crippen LogP contribution in [0.15, 0.2) is 36.7 Å². The number of hydrogen-bond acceptors (Lipinski definition) is 4. The Morgan fingerprint density at radius 1 is 1.11 bits per heavy atom. The van der Waals surface area contributed by atoms with Crippen molar-refractivity contribution >= 4 is 23.0 Å². The first-order valence-electron chi connectivity index (χ1n) is 9.83. The van der Waals surface area contributed by atoms with E-state index in [-0.39, 0.29) is 5.91 Å². The van der Waals surface area contributed by atoms with Crippen molar-refractivity contribution in [1.29, 1.82) is 0 Å². The molecule has 0 saturated heterocycles. The lowest BCUT2D eigenvalue weighted by Gasteiger charge is -2.22. The molecular weight excluding hydrogens is 336 g/mol. The maximum atomic E-state index is 12.6. The van der Waals surface area contributed by atoms with Gasteiger partial charge in [0.05, 0.1) is 17.4 Å². The molecule has 5 nitrogen and oxygen atoms in total. The van der Waals surface area contributed by atoms with Gasteiger partial charge in [-0.3, -0.25) is 9.78 Å². The molecule has 0 aliphatic rings. The lowest BCUT2D eigenvalue weighted by molar-refractivity contribution is 0.0793. The monoisotopic (exact) mass is 368 g/mol. The number of benzene rings is 1. The standard InChI is InChI=1S/C22H32N4O/c1-6-9-12-25(5)22(27)18-14-19(16-23-15-18)24-21-11-10-20(13-17(21)4)26(7-2)8-3/h10-11,13-16,24H,6-9,12H2,1-5H3. The van der Waals surface area contributed by atoms with Crippen LogP contribution in [-0.2, 0) is 0 Å². The molecule has 1 heterocycles. The number of anilines is 3. The van der Waals surface area contributed by atoms with Gasteiger partial charge in [-0.25, -0.2) is 0 Å². The number of pyridine rings is 1. The highest BCUT2D eigenvalue weighted by Crippen LogP contribution is 2.25. The molecule has 1 amide bonds. The Morgan fingerprint density at radius 2 is 1.85 bits per heavy atom. The highest BCUT2D eigenvalue weighted by atomic mass is 16.2. The van der Waals surface area contributed by atoms with Gasteiger partial charge >= 0.3 is 0 Å². The fourth-order valence-corrected chi connectivity index (χ4v) is 3.07. The quantitative estimate of drug-likeness (QED) is 0.687. The molecule has 0 aliphatic carbocycles. The summed E-state index contributed by atoms with van der Waals surface area (Å²) in [4.78, 5) is 20.9. The third kappa shape index (κ3) is 5.46. The van der Waals surface area contributed by atoms with E-state index in [1.165, 1.54) is 5.69 Å². The van der Waals surface area contributed by atoms with Gasteiger partial charge in [0.15, 0.2) is 0 Å². The van der Waals surface area contributed by atoms with Crippen LogP contribution in [0.25, 0.3) is 0 Å². The predicted octanol–water partition coefficient (Wildman–Crippen LogP) is 4.85. The van der Waals surface area contributed by atoms with Gasteiger partial charge < -0.3 is 15.1 Å². The number of amides is 1. The van der Waals surface area contributed by atoms with Gasteiger partial charge in [-0.05, 0) is 57.0 Å². The molecular formula is C22H32N4O. The van der Waals surface area contributed by atoms with Crippen LogP contribution in [0.3, 0.4) is 0 Å². The van der Waals surface area contributed by atoms with Gasteiger partial charge in [-0.1, -0.05) is 13.3 Å². The SMILES string of the molecule is CCCCN(C)C(=O)c1cncc(Nc2ccc(N(CC)CC)cc2C)c1. The summed E-state index contributed by atoms with van der Waals surface area (Å²) in [6.45, 7) is 11.3. The van der Waals surface area contributed by atoms with Crippen LogP contribution in [0.4, 0.5) is 17.1 Å². The summed E-state index contributed by atoms with van der Waals surface area (Å²) in [6.07, 6.45) is 5.46. The molecule has 0 unspecified atom stereocenters. The normalized spacial score (nSPS) is 10.6. The van der Waals surface area contributed by atoms with Gasteiger partial charge in [-0.15, -0.1) is 0 Å². The van der Waals surface area contributed by atoms with Gasteiger partial charge in [-0.2, -0.15) is 0 Å². The fourth-order valence-electron chi connectivity index (χ4n) is 3.07. The smallest absolute Gasteiger partial charge is 0.255 e. The van der Waals surface area contributed by atoms with E-state index in [1.807, 2.05) is 13.1 Å². The van der Waals surface area contributed by atoms with E-state index in [4.69, 9.17) is 0 Å². The molecule has 5 heteroatoms. The molecule has 0 radical (unpaired) electrons. The van der Waals surface area contributed by atoms with Crippen LogP contribution in [0.5, 0.6) is 0 Å². The molecule has 0 atom stereocenters. The van der Waals surface area contributed by atoms with Crippen molar-refractivity contribution in [2.45, 2.75) is 40.5 Å². The molecule has 1 N–H and O–H groups in total. The molecule has 146 valence electrons. The Morgan fingerprint density at radius 3 is 2.48 bits per heavy atom. The number of carbonyl (C=O) groups excluding carboxylic acids is 1. The first-order valence-corrected chi connectivity index (χ1v) is 9.83. The molecule has 0 saturated carbocycles. The van der Waals surface area contributed by atoms with Crippen molar-refractivity contribution in [3.05, 3.63) is 47.8 Å². The fraction of sp³-hybridized carbons (Fsp3) is 0.455. The number of aromatic nitrogens is 1. The summed E-state index contributed by atoms with van der Waals surface area (Å²) in [6, 6.07) is 8.28. The number of nitrogens with one attached hydrogen (secondary N) is 1. The molecule has 0 fully saturated rings. The lowest BCUT2D eigenvalue weighted by atomic mass is 10.1. The van der Waals surface area contributed by atoms with Gasteiger partial charge in [0.1, 0.15) is 0 Å². The Kier molecular flexibility index (Phi) is 7.65. The summed E-state index contributed by atoms with van der Waals surface area (Å²) in [5, 5.41) is 3.40. The summed E-state index contributed by atoms with van der Waals surface area (Å²) in [5.74, 6) is 0.00760. The number of hydrogen-bond donors (Lipinski definition) is 1. The highest BCUT2D eigenvalue weighted by Gasteiger charge is 2.13. The van der Waals surface area contributed by atoms with Crippen molar-refractivity contribution < 1.29 is 4.79 Å². The minimum atomic E-state index is 0.00760. The van der Waals surface area contributed by atoms with Crippen LogP contribution >= 0.6 is 0 Å². The molecule has 0 spiro atoms. The molecule has 1 aromatic heterocycles. The Bertz CT molecular complexity index is 756. The van der Waals surface area contributed by atoms with Crippen LogP contribution < -0.4 is 10.2 Å². The molecule has 27 heavy (non-hydrogen) atoms. The molecule has 0 aliphatic heterocycles. The van der Waals surface area contributed by atoms with E-state index in [0.29, 0.717) is 5.56 Å². The van der Waals surface area contributed by atoms with E-state index in [2.05, 4.69) is 61.1 Å². The molecule has 0 bridgehead atoms. The Hall–Kier alpha value is -2.56. The number of unbranched alkanes of at least 4 members (excludes halogenated alkanes) is 1. The van der Waals surface area contributed by atoms with Gasteiger partial charge in [0.2, 0.25) is 0 Å². The second-order valence-corrected chi connectivity index (χ2v) is 6.84. The minimum Gasteiger partial charge on any atom is -0.372 e. The number of rotatable bonds is 9. The maximum absolute atomic E-state index is 12.6. The third-order valence-electron chi connectivity index (χ3n) is 4.80. The summed E-state index contributed by atoms with van der Waals surface area (Å²) in [7, 11) is 1.84.